The van der Waals surface area contributed by atoms with Crippen LogP contribution in [0.2, 0.25) is 0 Å². The van der Waals surface area contributed by atoms with Crippen molar-refractivity contribution < 1.29 is 14.3 Å². The SMILES string of the molecule is CCCOC(=O)C1(N)CCOCC1. The van der Waals surface area contributed by atoms with E-state index in [0.717, 1.165) is 6.42 Å². The molecule has 13 heavy (non-hydrogen) atoms. The van der Waals surface area contributed by atoms with Crippen LogP contribution in [0.3, 0.4) is 0 Å². The Balaban J connectivity index is 2.42. The zero-order valence-electron chi connectivity index (χ0n) is 8.04. The van der Waals surface area contributed by atoms with E-state index in [9.17, 15) is 4.79 Å². The van der Waals surface area contributed by atoms with Crippen LogP contribution in [0, 0.1) is 0 Å². The molecule has 1 aliphatic rings. The molecule has 1 heterocycles. The van der Waals surface area contributed by atoms with Gasteiger partial charge in [0.1, 0.15) is 5.54 Å². The molecule has 1 saturated heterocycles. The minimum absolute atomic E-state index is 0.280. The number of hydrogen-bond acceptors (Lipinski definition) is 4. The summed E-state index contributed by atoms with van der Waals surface area (Å²) in [5, 5.41) is 0. The summed E-state index contributed by atoms with van der Waals surface area (Å²) < 4.78 is 10.1. The Labute approximate surface area is 78.4 Å². The van der Waals surface area contributed by atoms with E-state index in [1.807, 2.05) is 6.92 Å². The first-order chi connectivity index (χ1) is 6.19. The number of rotatable bonds is 3. The van der Waals surface area contributed by atoms with Crippen molar-refractivity contribution in [3.05, 3.63) is 0 Å². The topological polar surface area (TPSA) is 61.5 Å². The van der Waals surface area contributed by atoms with Crippen LogP contribution in [-0.4, -0.2) is 31.3 Å². The minimum Gasteiger partial charge on any atom is -0.464 e. The van der Waals surface area contributed by atoms with Crippen LogP contribution in [0.4, 0.5) is 0 Å². The molecule has 1 aliphatic heterocycles. The van der Waals surface area contributed by atoms with Crippen LogP contribution in [0.15, 0.2) is 0 Å². The predicted octanol–water partition coefficient (Wildman–Crippen LogP) is 0.448. The molecule has 4 heteroatoms. The van der Waals surface area contributed by atoms with Crippen molar-refractivity contribution in [2.75, 3.05) is 19.8 Å². The molecule has 4 nitrogen and oxygen atoms in total. The Bertz CT molecular complexity index is 176. The van der Waals surface area contributed by atoms with Gasteiger partial charge in [0.05, 0.1) is 6.61 Å². The van der Waals surface area contributed by atoms with Crippen molar-refractivity contribution in [1.29, 1.82) is 0 Å². The predicted molar refractivity (Wildman–Crippen MR) is 48.2 cm³/mol. The summed E-state index contributed by atoms with van der Waals surface area (Å²) in [5.74, 6) is -0.280. The molecule has 0 spiro atoms. The second-order valence-corrected chi connectivity index (χ2v) is 3.40. The van der Waals surface area contributed by atoms with E-state index in [0.29, 0.717) is 32.7 Å². The lowest BCUT2D eigenvalue weighted by molar-refractivity contribution is -0.153. The first kappa shape index (κ1) is 10.5. The smallest absolute Gasteiger partial charge is 0.326 e. The van der Waals surface area contributed by atoms with Crippen LogP contribution < -0.4 is 5.73 Å². The molecule has 0 amide bonds. The second-order valence-electron chi connectivity index (χ2n) is 3.40. The van der Waals surface area contributed by atoms with E-state index in [4.69, 9.17) is 15.2 Å². The molecule has 0 saturated carbocycles. The molecular weight excluding hydrogens is 170 g/mol. The third-order valence-corrected chi connectivity index (χ3v) is 2.23. The third-order valence-electron chi connectivity index (χ3n) is 2.23. The summed E-state index contributed by atoms with van der Waals surface area (Å²) in [7, 11) is 0. The van der Waals surface area contributed by atoms with Gasteiger partial charge in [0.15, 0.2) is 0 Å². The summed E-state index contributed by atoms with van der Waals surface area (Å²) in [5.41, 5.74) is 5.09. The minimum atomic E-state index is -0.798. The molecule has 0 unspecified atom stereocenters. The summed E-state index contributed by atoms with van der Waals surface area (Å²) in [6, 6.07) is 0. The molecular formula is C9H17NO3. The van der Waals surface area contributed by atoms with Gasteiger partial charge in [-0.3, -0.25) is 4.79 Å². The van der Waals surface area contributed by atoms with Gasteiger partial charge in [-0.15, -0.1) is 0 Å². The molecule has 0 atom stereocenters. The van der Waals surface area contributed by atoms with Crippen molar-refractivity contribution in [2.24, 2.45) is 5.73 Å². The monoisotopic (exact) mass is 187 g/mol. The van der Waals surface area contributed by atoms with Gasteiger partial charge in [-0.1, -0.05) is 6.92 Å². The molecule has 0 bridgehead atoms. The lowest BCUT2D eigenvalue weighted by Crippen LogP contribution is -2.52. The van der Waals surface area contributed by atoms with Crippen LogP contribution >= 0.6 is 0 Å². The van der Waals surface area contributed by atoms with E-state index in [-0.39, 0.29) is 5.97 Å². The Kier molecular flexibility index (Phi) is 3.69. The molecule has 0 aromatic heterocycles. The Morgan fingerprint density at radius 2 is 2.15 bits per heavy atom. The Morgan fingerprint density at radius 3 is 2.69 bits per heavy atom. The summed E-state index contributed by atoms with van der Waals surface area (Å²) >= 11 is 0. The number of esters is 1. The number of carbonyl (C=O) groups excluding carboxylic acids is 1. The standard InChI is InChI=1S/C9H17NO3/c1-2-5-13-8(11)9(10)3-6-12-7-4-9/h2-7,10H2,1H3. The average Bonchev–Trinajstić information content (AvgIpc) is 2.15. The van der Waals surface area contributed by atoms with Gasteiger partial charge in [-0.25, -0.2) is 0 Å². The van der Waals surface area contributed by atoms with Crippen molar-refractivity contribution in [3.8, 4) is 0 Å². The van der Waals surface area contributed by atoms with Gasteiger partial charge in [-0.2, -0.15) is 0 Å². The van der Waals surface area contributed by atoms with Crippen LogP contribution in [0.25, 0.3) is 0 Å². The number of carbonyl (C=O) groups is 1. The highest BCUT2D eigenvalue weighted by molar-refractivity contribution is 5.80. The van der Waals surface area contributed by atoms with Crippen LogP contribution in [0.5, 0.6) is 0 Å². The molecule has 0 aromatic carbocycles. The summed E-state index contributed by atoms with van der Waals surface area (Å²) in [6.07, 6.45) is 1.96. The van der Waals surface area contributed by atoms with Crippen LogP contribution in [0.1, 0.15) is 26.2 Å². The maximum Gasteiger partial charge on any atom is 0.326 e. The van der Waals surface area contributed by atoms with E-state index in [1.165, 1.54) is 0 Å². The average molecular weight is 187 g/mol. The normalized spacial score (nSPS) is 21.1. The zero-order valence-corrected chi connectivity index (χ0v) is 8.04. The maximum absolute atomic E-state index is 11.5. The van der Waals surface area contributed by atoms with Gasteiger partial charge in [0.25, 0.3) is 0 Å². The number of nitrogens with two attached hydrogens (primary N) is 1. The first-order valence-corrected chi connectivity index (χ1v) is 4.73. The molecule has 0 radical (unpaired) electrons. The molecule has 1 fully saturated rings. The van der Waals surface area contributed by atoms with Gasteiger partial charge in [0.2, 0.25) is 0 Å². The highest BCUT2D eigenvalue weighted by Crippen LogP contribution is 2.19. The fraction of sp³-hybridized carbons (Fsp3) is 0.889. The van der Waals surface area contributed by atoms with Gasteiger partial charge in [-0.05, 0) is 19.3 Å². The van der Waals surface area contributed by atoms with Crippen LogP contribution in [-0.2, 0) is 14.3 Å². The number of ether oxygens (including phenoxy) is 2. The lowest BCUT2D eigenvalue weighted by atomic mass is 9.92. The van der Waals surface area contributed by atoms with Gasteiger partial charge >= 0.3 is 5.97 Å². The summed E-state index contributed by atoms with van der Waals surface area (Å²) in [6.45, 7) is 3.52. The fourth-order valence-corrected chi connectivity index (χ4v) is 1.28. The fourth-order valence-electron chi connectivity index (χ4n) is 1.28. The van der Waals surface area contributed by atoms with E-state index >= 15 is 0 Å². The maximum atomic E-state index is 11.5. The van der Waals surface area contributed by atoms with E-state index < -0.39 is 5.54 Å². The Morgan fingerprint density at radius 1 is 1.54 bits per heavy atom. The van der Waals surface area contributed by atoms with Gasteiger partial charge < -0.3 is 15.2 Å². The van der Waals surface area contributed by atoms with Crippen molar-refractivity contribution in [1.82, 2.24) is 0 Å². The molecule has 0 aliphatic carbocycles. The molecule has 2 N–H and O–H groups in total. The van der Waals surface area contributed by atoms with Crippen molar-refractivity contribution in [2.45, 2.75) is 31.7 Å². The highest BCUT2D eigenvalue weighted by Gasteiger charge is 2.37. The lowest BCUT2D eigenvalue weighted by Gasteiger charge is -2.30. The van der Waals surface area contributed by atoms with Gasteiger partial charge in [0, 0.05) is 13.2 Å². The highest BCUT2D eigenvalue weighted by atomic mass is 16.5. The van der Waals surface area contributed by atoms with Crippen molar-refractivity contribution in [3.63, 3.8) is 0 Å². The number of hydrogen-bond donors (Lipinski definition) is 1. The van der Waals surface area contributed by atoms with Crippen molar-refractivity contribution >= 4 is 5.97 Å². The van der Waals surface area contributed by atoms with E-state index in [2.05, 4.69) is 0 Å². The molecule has 76 valence electrons. The first-order valence-electron chi connectivity index (χ1n) is 4.73. The molecule has 0 aromatic rings. The second kappa shape index (κ2) is 4.58. The summed E-state index contributed by atoms with van der Waals surface area (Å²) in [4.78, 5) is 11.5. The zero-order chi connectivity index (χ0) is 9.73. The Hall–Kier alpha value is -0.610. The molecule has 1 rings (SSSR count). The quantitative estimate of drug-likeness (QED) is 0.651. The third kappa shape index (κ3) is 2.67. The largest absolute Gasteiger partial charge is 0.464 e. The van der Waals surface area contributed by atoms with E-state index in [1.54, 1.807) is 0 Å².